The first-order valence-corrected chi connectivity index (χ1v) is 4.07. The fourth-order valence-electron chi connectivity index (χ4n) is 0.959. The maximum atomic E-state index is 11.0. The van der Waals surface area contributed by atoms with Gasteiger partial charge >= 0.3 is 5.97 Å². The second-order valence-electron chi connectivity index (χ2n) is 3.30. The fraction of sp³-hybridized carbons (Fsp3) is 0.667. The molecule has 0 spiro atoms. The normalized spacial score (nSPS) is 25.4. The minimum atomic E-state index is -0.335. The maximum absolute atomic E-state index is 11.0. The first-order valence-electron chi connectivity index (χ1n) is 4.07. The molecule has 0 aliphatic carbocycles. The van der Waals surface area contributed by atoms with Crippen LogP contribution in [-0.2, 0) is 14.3 Å². The van der Waals surface area contributed by atoms with Gasteiger partial charge in [-0.15, -0.1) is 0 Å². The summed E-state index contributed by atoms with van der Waals surface area (Å²) in [6, 6.07) is 0. The average molecular weight is 170 g/mol. The Hall–Kier alpha value is -0.830. The topological polar surface area (TPSA) is 35.5 Å². The monoisotopic (exact) mass is 170 g/mol. The first-order chi connectivity index (χ1) is 5.61. The van der Waals surface area contributed by atoms with Gasteiger partial charge in [0.05, 0.1) is 18.3 Å². The van der Waals surface area contributed by atoms with Gasteiger partial charge in [0.1, 0.15) is 6.61 Å². The summed E-state index contributed by atoms with van der Waals surface area (Å²) in [6.07, 6.45) is 0.00759. The van der Waals surface area contributed by atoms with Gasteiger partial charge in [-0.2, -0.15) is 0 Å². The summed E-state index contributed by atoms with van der Waals surface area (Å²) in [5.41, 5.74) is 0.401. The van der Waals surface area contributed by atoms with Crippen molar-refractivity contribution in [3.05, 3.63) is 12.2 Å². The zero-order chi connectivity index (χ0) is 9.14. The number of esters is 1. The lowest BCUT2D eigenvalue weighted by Crippen LogP contribution is -2.23. The maximum Gasteiger partial charge on any atom is 0.335 e. The number of hydrogen-bond acceptors (Lipinski definition) is 3. The number of carbonyl (C=O) groups excluding carboxylic acids is 1. The van der Waals surface area contributed by atoms with Crippen molar-refractivity contribution in [2.24, 2.45) is 5.92 Å². The van der Waals surface area contributed by atoms with Gasteiger partial charge in [0.25, 0.3) is 0 Å². The lowest BCUT2D eigenvalue weighted by molar-refractivity contribution is -0.140. The van der Waals surface area contributed by atoms with Crippen molar-refractivity contribution in [1.29, 1.82) is 0 Å². The van der Waals surface area contributed by atoms with E-state index in [4.69, 9.17) is 9.47 Å². The number of cyclic esters (lactones) is 1. The van der Waals surface area contributed by atoms with E-state index < -0.39 is 0 Å². The minimum Gasteiger partial charge on any atom is -0.460 e. The van der Waals surface area contributed by atoms with Crippen LogP contribution in [0, 0.1) is 5.92 Å². The van der Waals surface area contributed by atoms with Crippen LogP contribution in [0.15, 0.2) is 12.2 Å². The zero-order valence-electron chi connectivity index (χ0n) is 7.50. The van der Waals surface area contributed by atoms with Crippen LogP contribution >= 0.6 is 0 Å². The molecule has 3 heteroatoms. The largest absolute Gasteiger partial charge is 0.460 e. The molecule has 12 heavy (non-hydrogen) atoms. The van der Waals surface area contributed by atoms with Crippen molar-refractivity contribution in [3.63, 3.8) is 0 Å². The highest BCUT2D eigenvalue weighted by Crippen LogP contribution is 2.13. The number of carbonyl (C=O) groups is 1. The van der Waals surface area contributed by atoms with Crippen LogP contribution in [0.2, 0.25) is 0 Å². The molecule has 0 bridgehead atoms. The zero-order valence-corrected chi connectivity index (χ0v) is 7.50. The van der Waals surface area contributed by atoms with Gasteiger partial charge in [-0.25, -0.2) is 4.79 Å². The Balaban J connectivity index is 2.55. The lowest BCUT2D eigenvalue weighted by Gasteiger charge is -2.16. The van der Waals surface area contributed by atoms with E-state index in [1.165, 1.54) is 0 Å². The van der Waals surface area contributed by atoms with Crippen molar-refractivity contribution in [2.75, 3.05) is 13.2 Å². The lowest BCUT2D eigenvalue weighted by atomic mass is 10.1. The highest BCUT2D eigenvalue weighted by molar-refractivity contribution is 5.88. The summed E-state index contributed by atoms with van der Waals surface area (Å²) in [5.74, 6) is 0.0295. The van der Waals surface area contributed by atoms with Gasteiger partial charge in [-0.1, -0.05) is 20.4 Å². The van der Waals surface area contributed by atoms with Crippen LogP contribution in [0.3, 0.4) is 0 Å². The van der Waals surface area contributed by atoms with E-state index in [2.05, 4.69) is 6.58 Å². The molecule has 1 heterocycles. The Morgan fingerprint density at radius 3 is 2.83 bits per heavy atom. The summed E-state index contributed by atoms with van der Waals surface area (Å²) in [5, 5.41) is 0. The molecule has 1 atom stereocenters. The number of hydrogen-bond donors (Lipinski definition) is 0. The molecule has 0 saturated carbocycles. The van der Waals surface area contributed by atoms with Gasteiger partial charge in [0.15, 0.2) is 0 Å². The summed E-state index contributed by atoms with van der Waals surface area (Å²) in [4.78, 5) is 11.0. The Morgan fingerprint density at radius 1 is 1.58 bits per heavy atom. The molecule has 3 nitrogen and oxygen atoms in total. The van der Waals surface area contributed by atoms with Gasteiger partial charge in [0, 0.05) is 0 Å². The first kappa shape index (κ1) is 9.26. The molecule has 0 aromatic heterocycles. The van der Waals surface area contributed by atoms with Crippen LogP contribution in [0.1, 0.15) is 13.8 Å². The Bertz CT molecular complexity index is 178. The summed E-state index contributed by atoms with van der Waals surface area (Å²) in [6.45, 7) is 8.25. The molecule has 1 rings (SSSR count). The fourth-order valence-corrected chi connectivity index (χ4v) is 0.959. The highest BCUT2D eigenvalue weighted by Gasteiger charge is 2.22. The molecule has 1 aliphatic rings. The highest BCUT2D eigenvalue weighted by atomic mass is 16.6. The molecule has 0 radical (unpaired) electrons. The quantitative estimate of drug-likeness (QED) is 0.437. The third-order valence-corrected chi connectivity index (χ3v) is 1.88. The standard InChI is InChI=1S/C9H14O3/c1-6(2)8-5-12-9(10)7(3)4-11-8/h6,8H,3-5H2,1-2H3. The summed E-state index contributed by atoms with van der Waals surface area (Å²) in [7, 11) is 0. The molecule has 1 saturated heterocycles. The van der Waals surface area contributed by atoms with Gasteiger partial charge in [0.2, 0.25) is 0 Å². The van der Waals surface area contributed by atoms with E-state index in [-0.39, 0.29) is 12.1 Å². The molecule has 0 amide bonds. The predicted octanol–water partition coefficient (Wildman–Crippen LogP) is 1.14. The predicted molar refractivity (Wildman–Crippen MR) is 44.7 cm³/mol. The van der Waals surface area contributed by atoms with Gasteiger partial charge < -0.3 is 9.47 Å². The van der Waals surface area contributed by atoms with Crippen molar-refractivity contribution >= 4 is 5.97 Å². The van der Waals surface area contributed by atoms with E-state index in [1.807, 2.05) is 13.8 Å². The van der Waals surface area contributed by atoms with Crippen LogP contribution in [-0.4, -0.2) is 25.3 Å². The summed E-state index contributed by atoms with van der Waals surface area (Å²) >= 11 is 0. The van der Waals surface area contributed by atoms with Gasteiger partial charge in [-0.3, -0.25) is 0 Å². The molecule has 0 aromatic rings. The van der Waals surface area contributed by atoms with Crippen molar-refractivity contribution in [2.45, 2.75) is 20.0 Å². The van der Waals surface area contributed by atoms with Crippen LogP contribution in [0.4, 0.5) is 0 Å². The van der Waals surface area contributed by atoms with E-state index >= 15 is 0 Å². The van der Waals surface area contributed by atoms with Crippen LogP contribution < -0.4 is 0 Å². The van der Waals surface area contributed by atoms with Gasteiger partial charge in [-0.05, 0) is 5.92 Å². The number of rotatable bonds is 1. The van der Waals surface area contributed by atoms with Crippen LogP contribution in [0.5, 0.6) is 0 Å². The molecular weight excluding hydrogens is 156 g/mol. The second kappa shape index (κ2) is 3.72. The second-order valence-corrected chi connectivity index (χ2v) is 3.30. The molecule has 68 valence electrons. The Morgan fingerprint density at radius 2 is 2.25 bits per heavy atom. The molecule has 1 unspecified atom stereocenters. The smallest absolute Gasteiger partial charge is 0.335 e. The Kier molecular flexibility index (Phi) is 2.87. The number of ether oxygens (including phenoxy) is 2. The third kappa shape index (κ3) is 2.08. The average Bonchev–Trinajstić information content (AvgIpc) is 2.16. The molecule has 1 aliphatic heterocycles. The molecule has 0 N–H and O–H groups in total. The van der Waals surface area contributed by atoms with Crippen molar-refractivity contribution in [3.8, 4) is 0 Å². The molecule has 0 aromatic carbocycles. The van der Waals surface area contributed by atoms with E-state index in [1.54, 1.807) is 0 Å². The third-order valence-electron chi connectivity index (χ3n) is 1.88. The summed E-state index contributed by atoms with van der Waals surface area (Å²) < 4.78 is 10.3. The minimum absolute atomic E-state index is 0.00759. The van der Waals surface area contributed by atoms with Crippen molar-refractivity contribution < 1.29 is 14.3 Å². The molecule has 1 fully saturated rings. The SMILES string of the molecule is C=C1COC(C(C)C)COC1=O. The van der Waals surface area contributed by atoms with E-state index in [0.29, 0.717) is 24.7 Å². The van der Waals surface area contributed by atoms with E-state index in [9.17, 15) is 4.79 Å². The van der Waals surface area contributed by atoms with Crippen molar-refractivity contribution in [1.82, 2.24) is 0 Å². The Labute approximate surface area is 72.4 Å². The van der Waals surface area contributed by atoms with E-state index in [0.717, 1.165) is 0 Å². The molecular formula is C9H14O3. The van der Waals surface area contributed by atoms with Crippen LogP contribution in [0.25, 0.3) is 0 Å².